The predicted octanol–water partition coefficient (Wildman–Crippen LogP) is 4.79. The maximum absolute atomic E-state index is 13.6. The van der Waals surface area contributed by atoms with Gasteiger partial charge in [-0.15, -0.1) is 11.8 Å². The number of likely N-dealkylation sites (tertiary alicyclic amines) is 1. The Morgan fingerprint density at radius 3 is 2.60 bits per heavy atom. The lowest BCUT2D eigenvalue weighted by molar-refractivity contribution is 0.0517. The third-order valence-corrected chi connectivity index (χ3v) is 8.73. The van der Waals surface area contributed by atoms with Crippen LogP contribution in [0.25, 0.3) is 11.0 Å². The second-order valence-corrected chi connectivity index (χ2v) is 12.9. The molecule has 1 aliphatic heterocycles. The summed E-state index contributed by atoms with van der Waals surface area (Å²) in [6.07, 6.45) is 5.33. The van der Waals surface area contributed by atoms with Gasteiger partial charge >= 0.3 is 6.09 Å². The number of aromatic amines is 1. The van der Waals surface area contributed by atoms with Crippen molar-refractivity contribution in [3.05, 3.63) is 57.3 Å². The largest absolute Gasteiger partial charge is 0.444 e. The Kier molecular flexibility index (Phi) is 10.0. The van der Waals surface area contributed by atoms with Crippen molar-refractivity contribution in [3.8, 4) is 0 Å². The normalized spacial score (nSPS) is 15.5. The van der Waals surface area contributed by atoms with Crippen LogP contribution in [0.2, 0.25) is 0 Å². The molecule has 0 saturated carbocycles. The molecular formula is C31H44N6O4S. The van der Waals surface area contributed by atoms with Crippen molar-refractivity contribution in [1.29, 1.82) is 0 Å². The van der Waals surface area contributed by atoms with Crippen LogP contribution in [0.3, 0.4) is 0 Å². The number of hydrogen-bond acceptors (Lipinski definition) is 7. The number of ether oxygens (including phenoxy) is 1. The van der Waals surface area contributed by atoms with Gasteiger partial charge in [0.25, 0.3) is 11.5 Å². The van der Waals surface area contributed by atoms with Crippen LogP contribution in [-0.2, 0) is 11.3 Å². The molecule has 1 atom stereocenters. The van der Waals surface area contributed by atoms with Crippen LogP contribution in [0.5, 0.6) is 0 Å². The molecule has 1 saturated heterocycles. The quantitative estimate of drug-likeness (QED) is 0.304. The van der Waals surface area contributed by atoms with Gasteiger partial charge in [-0.05, 0) is 97.8 Å². The highest BCUT2D eigenvalue weighted by Gasteiger charge is 2.30. The van der Waals surface area contributed by atoms with E-state index in [2.05, 4.69) is 37.0 Å². The summed E-state index contributed by atoms with van der Waals surface area (Å²) in [7, 11) is 0. The Morgan fingerprint density at radius 2 is 1.93 bits per heavy atom. The summed E-state index contributed by atoms with van der Waals surface area (Å²) in [5.41, 5.74) is 2.94. The monoisotopic (exact) mass is 596 g/mol. The minimum atomic E-state index is -0.507. The van der Waals surface area contributed by atoms with E-state index < -0.39 is 5.60 Å². The van der Waals surface area contributed by atoms with Gasteiger partial charge in [0.05, 0.1) is 5.56 Å². The third kappa shape index (κ3) is 7.36. The van der Waals surface area contributed by atoms with Gasteiger partial charge in [-0.1, -0.05) is 0 Å². The number of amides is 2. The molecule has 11 heteroatoms. The van der Waals surface area contributed by atoms with Gasteiger partial charge in [0.2, 0.25) is 0 Å². The molecule has 3 aromatic rings. The molecule has 228 valence electrons. The summed E-state index contributed by atoms with van der Waals surface area (Å²) in [6.45, 7) is 15.0. The van der Waals surface area contributed by atoms with Gasteiger partial charge in [-0.25, -0.2) is 9.78 Å². The molecule has 1 fully saturated rings. The third-order valence-electron chi connectivity index (χ3n) is 7.93. The van der Waals surface area contributed by atoms with Crippen LogP contribution in [0.15, 0.2) is 34.1 Å². The SMILES string of the molecule is CSc1cc(C)[nH]c(=O)c1CNC(=O)c1c(C)n(C(C)C2CCN(CCNC(=O)OC(C)(C)C)CC2)c2ncccc12. The fourth-order valence-corrected chi connectivity index (χ4v) is 6.54. The van der Waals surface area contributed by atoms with E-state index in [1.807, 2.05) is 59.1 Å². The molecule has 1 aliphatic rings. The summed E-state index contributed by atoms with van der Waals surface area (Å²) in [6, 6.07) is 5.88. The highest BCUT2D eigenvalue weighted by molar-refractivity contribution is 7.98. The van der Waals surface area contributed by atoms with Gasteiger partial charge in [0, 0.05) is 59.1 Å². The zero-order valence-electron chi connectivity index (χ0n) is 25.8. The Hall–Kier alpha value is -3.31. The average molecular weight is 597 g/mol. The minimum Gasteiger partial charge on any atom is -0.444 e. The van der Waals surface area contributed by atoms with Crippen LogP contribution in [0, 0.1) is 19.8 Å². The molecule has 4 rings (SSSR count). The molecular weight excluding hydrogens is 552 g/mol. The van der Waals surface area contributed by atoms with E-state index in [-0.39, 0.29) is 30.1 Å². The van der Waals surface area contributed by atoms with Crippen molar-refractivity contribution in [2.75, 3.05) is 32.4 Å². The number of H-pyrrole nitrogens is 1. The lowest BCUT2D eigenvalue weighted by Crippen LogP contribution is -2.42. The maximum Gasteiger partial charge on any atom is 0.407 e. The fraction of sp³-hybridized carbons (Fsp3) is 0.548. The Bertz CT molecular complexity index is 1480. The predicted molar refractivity (Wildman–Crippen MR) is 167 cm³/mol. The first-order valence-corrected chi connectivity index (χ1v) is 15.8. The smallest absolute Gasteiger partial charge is 0.407 e. The fourth-order valence-electron chi connectivity index (χ4n) is 5.84. The van der Waals surface area contributed by atoms with E-state index in [1.165, 1.54) is 11.8 Å². The summed E-state index contributed by atoms with van der Waals surface area (Å²) in [4.78, 5) is 48.9. The van der Waals surface area contributed by atoms with E-state index >= 15 is 0 Å². The summed E-state index contributed by atoms with van der Waals surface area (Å²) >= 11 is 1.50. The highest BCUT2D eigenvalue weighted by atomic mass is 32.2. The van der Waals surface area contributed by atoms with Gasteiger partial charge in [0.1, 0.15) is 11.2 Å². The molecule has 2 amide bonds. The van der Waals surface area contributed by atoms with Crippen molar-refractivity contribution < 1.29 is 14.3 Å². The van der Waals surface area contributed by atoms with E-state index in [4.69, 9.17) is 4.74 Å². The molecule has 0 radical (unpaired) electrons. The number of thioether (sulfide) groups is 1. The number of nitrogens with zero attached hydrogens (tertiary/aromatic N) is 3. The van der Waals surface area contributed by atoms with Crippen LogP contribution in [-0.4, -0.2) is 69.5 Å². The van der Waals surface area contributed by atoms with Crippen molar-refractivity contribution in [2.45, 2.75) is 77.5 Å². The number of piperidine rings is 1. The van der Waals surface area contributed by atoms with Crippen molar-refractivity contribution in [1.82, 2.24) is 30.1 Å². The van der Waals surface area contributed by atoms with E-state index in [0.717, 1.165) is 59.8 Å². The highest BCUT2D eigenvalue weighted by Crippen LogP contribution is 2.35. The first-order chi connectivity index (χ1) is 19.9. The number of rotatable bonds is 9. The molecule has 3 aromatic heterocycles. The van der Waals surface area contributed by atoms with Crippen LogP contribution >= 0.6 is 11.8 Å². The first kappa shape index (κ1) is 31.6. The molecule has 10 nitrogen and oxygen atoms in total. The zero-order valence-corrected chi connectivity index (χ0v) is 26.6. The van der Waals surface area contributed by atoms with Gasteiger partial charge in [0.15, 0.2) is 0 Å². The lowest BCUT2D eigenvalue weighted by atomic mass is 9.90. The second kappa shape index (κ2) is 13.3. The standard InChI is InChI=1S/C31H44N6O4S/c1-19-17-25(42-7)24(28(38)35-19)18-34-29(39)26-21(3)37(27-23(26)9-8-12-32-27)20(2)22-10-14-36(15-11-22)16-13-33-30(40)41-31(4,5)6/h8-9,12,17,20,22H,10-11,13-16,18H2,1-7H3,(H,33,40)(H,34,39)(H,35,38). The lowest BCUT2D eigenvalue weighted by Gasteiger charge is -2.36. The van der Waals surface area contributed by atoms with Crippen molar-refractivity contribution in [2.24, 2.45) is 5.92 Å². The van der Waals surface area contributed by atoms with Crippen LogP contribution in [0.4, 0.5) is 4.79 Å². The number of aryl methyl sites for hydroxylation is 1. The Balaban J connectivity index is 1.44. The topological polar surface area (TPSA) is 121 Å². The molecule has 1 unspecified atom stereocenters. The van der Waals surface area contributed by atoms with E-state index in [9.17, 15) is 14.4 Å². The van der Waals surface area contributed by atoms with Crippen molar-refractivity contribution in [3.63, 3.8) is 0 Å². The molecule has 3 N–H and O–H groups in total. The van der Waals surface area contributed by atoms with Gasteiger partial charge < -0.3 is 29.8 Å². The summed E-state index contributed by atoms with van der Waals surface area (Å²) in [5, 5.41) is 6.66. The maximum atomic E-state index is 13.6. The summed E-state index contributed by atoms with van der Waals surface area (Å²) < 4.78 is 7.53. The number of alkyl carbamates (subject to hydrolysis) is 1. The van der Waals surface area contributed by atoms with Crippen LogP contribution < -0.4 is 16.2 Å². The van der Waals surface area contributed by atoms with Crippen LogP contribution in [0.1, 0.15) is 73.9 Å². The number of carbonyl (C=O) groups is 2. The molecule has 0 spiro atoms. The molecule has 0 aromatic carbocycles. The van der Waals surface area contributed by atoms with E-state index in [0.29, 0.717) is 23.6 Å². The summed E-state index contributed by atoms with van der Waals surface area (Å²) in [5.74, 6) is 0.207. The zero-order chi connectivity index (χ0) is 30.6. The number of fused-ring (bicyclic) bond motifs is 1. The van der Waals surface area contributed by atoms with E-state index in [1.54, 1.807) is 6.20 Å². The number of pyridine rings is 2. The number of carbonyl (C=O) groups excluding carboxylic acids is 2. The average Bonchev–Trinajstić information content (AvgIpc) is 3.22. The van der Waals surface area contributed by atoms with Gasteiger partial charge in [-0.2, -0.15) is 0 Å². The molecule has 4 heterocycles. The molecule has 0 bridgehead atoms. The van der Waals surface area contributed by atoms with Crippen molar-refractivity contribution >= 4 is 34.8 Å². The first-order valence-electron chi connectivity index (χ1n) is 14.6. The number of hydrogen-bond donors (Lipinski definition) is 3. The molecule has 42 heavy (non-hydrogen) atoms. The Morgan fingerprint density at radius 1 is 1.21 bits per heavy atom. The second-order valence-electron chi connectivity index (χ2n) is 12.1. The molecule has 0 aliphatic carbocycles. The van der Waals surface area contributed by atoms with Gasteiger partial charge in [-0.3, -0.25) is 9.59 Å². The number of aromatic nitrogens is 3. The number of nitrogens with one attached hydrogen (secondary N) is 3. The Labute approximate surface area is 252 Å². The minimum absolute atomic E-state index is 0.147.